The molecule has 0 aliphatic rings. The number of benzene rings is 1. The quantitative estimate of drug-likeness (QED) is 0.551. The Labute approximate surface area is 164 Å². The van der Waals surface area contributed by atoms with Crippen LogP contribution in [0.15, 0.2) is 45.5 Å². The molecule has 0 atom stereocenters. The molecule has 1 amide bonds. The van der Waals surface area contributed by atoms with Crippen LogP contribution in [0.25, 0.3) is 11.6 Å². The molecule has 0 saturated heterocycles. The van der Waals surface area contributed by atoms with Crippen molar-refractivity contribution in [2.24, 2.45) is 0 Å². The van der Waals surface area contributed by atoms with Crippen molar-refractivity contribution in [1.29, 1.82) is 0 Å². The van der Waals surface area contributed by atoms with Gasteiger partial charge in [-0.2, -0.15) is 13.8 Å². The van der Waals surface area contributed by atoms with Crippen LogP contribution in [-0.4, -0.2) is 36.3 Å². The summed E-state index contributed by atoms with van der Waals surface area (Å²) in [6, 6.07) is 8.15. The van der Waals surface area contributed by atoms with E-state index in [4.69, 9.17) is 13.7 Å². The molecular weight excluding hydrogens is 388 g/mol. The number of nitrogens with zero attached hydrogens (tertiary/aromatic N) is 2. The van der Waals surface area contributed by atoms with Gasteiger partial charge in [-0.15, -0.1) is 0 Å². The highest BCUT2D eigenvalue weighted by Gasteiger charge is 2.13. The van der Waals surface area contributed by atoms with Gasteiger partial charge in [-0.05, 0) is 36.2 Å². The third-order valence-electron chi connectivity index (χ3n) is 3.96. The number of halogens is 2. The third kappa shape index (κ3) is 5.77. The van der Waals surface area contributed by atoms with Gasteiger partial charge in [-0.25, -0.2) is 0 Å². The van der Waals surface area contributed by atoms with Crippen LogP contribution >= 0.6 is 0 Å². The summed E-state index contributed by atoms with van der Waals surface area (Å²) in [7, 11) is 1.37. The van der Waals surface area contributed by atoms with Crippen molar-refractivity contribution < 1.29 is 32.0 Å². The van der Waals surface area contributed by atoms with Gasteiger partial charge >= 0.3 is 6.61 Å². The van der Waals surface area contributed by atoms with Crippen LogP contribution in [0.5, 0.6) is 11.5 Å². The fraction of sp³-hybridized carbons (Fsp3) is 0.316. The van der Waals surface area contributed by atoms with Gasteiger partial charge in [-0.1, -0.05) is 11.2 Å². The van der Waals surface area contributed by atoms with Gasteiger partial charge in [-0.3, -0.25) is 4.79 Å². The zero-order valence-electron chi connectivity index (χ0n) is 15.6. The zero-order valence-corrected chi connectivity index (χ0v) is 15.6. The van der Waals surface area contributed by atoms with Crippen molar-refractivity contribution in [2.75, 3.05) is 13.7 Å². The SMILES string of the molecule is COc1ccc(CCNC(=O)CCc2nc(-c3ccco3)no2)cc1OC(F)F. The lowest BCUT2D eigenvalue weighted by atomic mass is 10.1. The van der Waals surface area contributed by atoms with E-state index in [2.05, 4.69) is 20.2 Å². The standard InChI is InChI=1S/C19H19F2N3O5/c1-26-13-5-4-12(11-15(13)28-19(20)21)8-9-22-16(25)6-7-17-23-18(24-29-17)14-3-2-10-27-14/h2-5,10-11,19H,6-9H2,1H3,(H,22,25). The third-order valence-corrected chi connectivity index (χ3v) is 3.96. The number of ether oxygens (including phenoxy) is 2. The molecule has 2 heterocycles. The maximum absolute atomic E-state index is 12.5. The molecule has 1 aromatic carbocycles. The fourth-order valence-electron chi connectivity index (χ4n) is 2.58. The molecule has 2 aromatic heterocycles. The number of hydrogen-bond donors (Lipinski definition) is 1. The molecule has 154 valence electrons. The second-order valence-electron chi connectivity index (χ2n) is 5.95. The number of methoxy groups -OCH3 is 1. The molecule has 0 spiro atoms. The number of amides is 1. The second kappa shape index (κ2) is 9.67. The molecule has 1 N–H and O–H groups in total. The first-order chi connectivity index (χ1) is 14.0. The Morgan fingerprint density at radius 3 is 2.83 bits per heavy atom. The molecule has 0 unspecified atom stereocenters. The lowest BCUT2D eigenvalue weighted by molar-refractivity contribution is -0.121. The van der Waals surface area contributed by atoms with Gasteiger partial charge in [0.2, 0.25) is 17.6 Å². The Morgan fingerprint density at radius 1 is 1.24 bits per heavy atom. The van der Waals surface area contributed by atoms with E-state index in [9.17, 15) is 13.6 Å². The Kier molecular flexibility index (Phi) is 6.77. The fourth-order valence-corrected chi connectivity index (χ4v) is 2.58. The molecule has 3 aromatic rings. The normalized spacial score (nSPS) is 10.9. The summed E-state index contributed by atoms with van der Waals surface area (Å²) in [4.78, 5) is 16.2. The molecular formula is C19H19F2N3O5. The molecule has 0 saturated carbocycles. The molecule has 8 nitrogen and oxygen atoms in total. The predicted octanol–water partition coefficient (Wildman–Crippen LogP) is 3.23. The smallest absolute Gasteiger partial charge is 0.387 e. The first kappa shape index (κ1) is 20.3. The van der Waals surface area contributed by atoms with Crippen molar-refractivity contribution in [3.8, 4) is 23.1 Å². The van der Waals surface area contributed by atoms with E-state index in [-0.39, 0.29) is 30.2 Å². The zero-order chi connectivity index (χ0) is 20.6. The summed E-state index contributed by atoms with van der Waals surface area (Å²) < 4.78 is 44.7. The maximum Gasteiger partial charge on any atom is 0.387 e. The molecule has 29 heavy (non-hydrogen) atoms. The minimum absolute atomic E-state index is 0.0462. The number of rotatable bonds is 10. The lowest BCUT2D eigenvalue weighted by Crippen LogP contribution is -2.25. The maximum atomic E-state index is 12.5. The van der Waals surface area contributed by atoms with E-state index in [1.807, 2.05) is 0 Å². The summed E-state index contributed by atoms with van der Waals surface area (Å²) in [5.41, 5.74) is 0.724. The van der Waals surface area contributed by atoms with Crippen molar-refractivity contribution in [3.05, 3.63) is 48.0 Å². The van der Waals surface area contributed by atoms with Crippen LogP contribution in [0.2, 0.25) is 0 Å². The van der Waals surface area contributed by atoms with E-state index in [0.717, 1.165) is 5.56 Å². The number of carbonyl (C=O) groups is 1. The number of hydrogen-bond acceptors (Lipinski definition) is 7. The van der Waals surface area contributed by atoms with Crippen LogP contribution in [-0.2, 0) is 17.6 Å². The molecule has 3 rings (SSSR count). The summed E-state index contributed by atoms with van der Waals surface area (Å²) in [6.07, 6.45) is 2.40. The highest BCUT2D eigenvalue weighted by atomic mass is 19.3. The highest BCUT2D eigenvalue weighted by molar-refractivity contribution is 5.76. The van der Waals surface area contributed by atoms with Crippen LogP contribution in [0.1, 0.15) is 17.9 Å². The summed E-state index contributed by atoms with van der Waals surface area (Å²) in [6.45, 7) is -2.61. The van der Waals surface area contributed by atoms with Gasteiger partial charge < -0.3 is 23.7 Å². The number of aryl methyl sites for hydroxylation is 1. The molecule has 10 heteroatoms. The Hall–Kier alpha value is -3.43. The Morgan fingerprint density at radius 2 is 2.10 bits per heavy atom. The molecule has 0 aliphatic carbocycles. The average Bonchev–Trinajstić information content (AvgIpc) is 3.38. The number of nitrogens with one attached hydrogen (secondary N) is 1. The van der Waals surface area contributed by atoms with Gasteiger partial charge in [0.25, 0.3) is 0 Å². The summed E-state index contributed by atoms with van der Waals surface area (Å²) >= 11 is 0. The predicted molar refractivity (Wildman–Crippen MR) is 96.7 cm³/mol. The largest absolute Gasteiger partial charge is 0.493 e. The van der Waals surface area contributed by atoms with Crippen molar-refractivity contribution in [1.82, 2.24) is 15.5 Å². The van der Waals surface area contributed by atoms with Crippen molar-refractivity contribution in [3.63, 3.8) is 0 Å². The number of aromatic nitrogens is 2. The monoisotopic (exact) mass is 407 g/mol. The minimum atomic E-state index is -2.95. The lowest BCUT2D eigenvalue weighted by Gasteiger charge is -2.11. The molecule has 0 radical (unpaired) electrons. The van der Waals surface area contributed by atoms with Gasteiger partial charge in [0.15, 0.2) is 17.3 Å². The Bertz CT molecular complexity index is 928. The average molecular weight is 407 g/mol. The van der Waals surface area contributed by atoms with Crippen molar-refractivity contribution in [2.45, 2.75) is 25.9 Å². The molecule has 0 aliphatic heterocycles. The van der Waals surface area contributed by atoms with Crippen molar-refractivity contribution >= 4 is 5.91 Å². The number of alkyl halides is 2. The van der Waals surface area contributed by atoms with E-state index < -0.39 is 6.61 Å². The topological polar surface area (TPSA) is 99.6 Å². The van der Waals surface area contributed by atoms with Gasteiger partial charge in [0, 0.05) is 19.4 Å². The number of furan rings is 1. The van der Waals surface area contributed by atoms with E-state index in [1.54, 1.807) is 24.3 Å². The summed E-state index contributed by atoms with van der Waals surface area (Å²) in [5.74, 6) is 1.11. The van der Waals surface area contributed by atoms with E-state index in [1.165, 1.54) is 19.4 Å². The van der Waals surface area contributed by atoms with Crippen LogP contribution in [0, 0.1) is 0 Å². The van der Waals surface area contributed by atoms with E-state index >= 15 is 0 Å². The molecule has 0 fully saturated rings. The Balaban J connectivity index is 1.44. The van der Waals surface area contributed by atoms with Crippen LogP contribution in [0.4, 0.5) is 8.78 Å². The van der Waals surface area contributed by atoms with E-state index in [0.29, 0.717) is 30.4 Å². The first-order valence-corrected chi connectivity index (χ1v) is 8.80. The van der Waals surface area contributed by atoms with Gasteiger partial charge in [0.05, 0.1) is 13.4 Å². The van der Waals surface area contributed by atoms with Gasteiger partial charge in [0.1, 0.15) is 0 Å². The molecule has 0 bridgehead atoms. The number of carbonyl (C=O) groups excluding carboxylic acids is 1. The highest BCUT2D eigenvalue weighted by Crippen LogP contribution is 2.29. The second-order valence-corrected chi connectivity index (χ2v) is 5.95. The minimum Gasteiger partial charge on any atom is -0.493 e. The summed E-state index contributed by atoms with van der Waals surface area (Å²) in [5, 5.41) is 6.55. The van der Waals surface area contributed by atoms with Crippen LogP contribution < -0.4 is 14.8 Å². The first-order valence-electron chi connectivity index (χ1n) is 8.80. The van der Waals surface area contributed by atoms with Crippen LogP contribution in [0.3, 0.4) is 0 Å².